The molecule has 0 spiro atoms. The third-order valence-electron chi connectivity index (χ3n) is 6.86. The van der Waals surface area contributed by atoms with E-state index in [-0.39, 0.29) is 47.2 Å². The smallest absolute Gasteiger partial charge is 0.244 e. The van der Waals surface area contributed by atoms with Crippen molar-refractivity contribution in [3.8, 4) is 0 Å². The van der Waals surface area contributed by atoms with Gasteiger partial charge in [0.15, 0.2) is 9.84 Å². The summed E-state index contributed by atoms with van der Waals surface area (Å²) in [5.41, 5.74) is 0.618. The average molecular weight is 500 g/mol. The predicted molar refractivity (Wildman–Crippen MR) is 125 cm³/mol. The van der Waals surface area contributed by atoms with Crippen molar-refractivity contribution in [1.29, 1.82) is 0 Å². The molecule has 184 valence electrons. The summed E-state index contributed by atoms with van der Waals surface area (Å²) in [5.74, 6) is 1.52. The SMILES string of the molecule is Cc1cc(N2CCC3CS(=O)(=O)CC3C2)ncc1S(=O)(=O)N1CCN(C(=O)CN(C)C)CC1. The van der Waals surface area contributed by atoms with E-state index in [2.05, 4.69) is 9.88 Å². The number of pyridine rings is 1. The average Bonchev–Trinajstić information content (AvgIpc) is 3.06. The zero-order chi connectivity index (χ0) is 24.0. The van der Waals surface area contributed by atoms with Crippen LogP contribution in [0.15, 0.2) is 17.2 Å². The van der Waals surface area contributed by atoms with E-state index in [0.717, 1.165) is 13.0 Å². The van der Waals surface area contributed by atoms with Crippen LogP contribution in [0.5, 0.6) is 0 Å². The quantitative estimate of drug-likeness (QED) is 0.541. The summed E-state index contributed by atoms with van der Waals surface area (Å²) in [6.07, 6.45) is 2.22. The first-order chi connectivity index (χ1) is 15.5. The lowest BCUT2D eigenvalue weighted by Gasteiger charge is -2.36. The van der Waals surface area contributed by atoms with Crippen molar-refractivity contribution in [2.45, 2.75) is 18.2 Å². The van der Waals surface area contributed by atoms with Crippen molar-refractivity contribution >= 4 is 31.6 Å². The van der Waals surface area contributed by atoms with Crippen LogP contribution in [0.4, 0.5) is 5.82 Å². The van der Waals surface area contributed by atoms with E-state index < -0.39 is 19.9 Å². The van der Waals surface area contributed by atoms with Gasteiger partial charge in [0.05, 0.1) is 18.1 Å². The molecule has 1 aromatic rings. The molecule has 3 fully saturated rings. The van der Waals surface area contributed by atoms with E-state index >= 15 is 0 Å². The Bertz CT molecular complexity index is 1110. The third-order valence-corrected chi connectivity index (χ3v) is 10.8. The molecule has 3 saturated heterocycles. The lowest BCUT2D eigenvalue weighted by molar-refractivity contribution is -0.133. The normalized spacial score (nSPS) is 25.9. The Labute approximate surface area is 196 Å². The van der Waals surface area contributed by atoms with E-state index in [0.29, 0.717) is 37.6 Å². The minimum Gasteiger partial charge on any atom is -0.356 e. The maximum absolute atomic E-state index is 13.3. The van der Waals surface area contributed by atoms with E-state index in [1.165, 1.54) is 10.5 Å². The van der Waals surface area contributed by atoms with Crippen LogP contribution in [-0.4, -0.2) is 113 Å². The molecule has 4 heterocycles. The number of rotatable bonds is 5. The van der Waals surface area contributed by atoms with E-state index in [1.54, 1.807) is 22.8 Å². The number of piperazine rings is 1. The molecule has 4 rings (SSSR count). The fraction of sp³-hybridized carbons (Fsp3) is 0.714. The van der Waals surface area contributed by atoms with Crippen molar-refractivity contribution in [3.05, 3.63) is 17.8 Å². The number of carbonyl (C=O) groups excluding carboxylic acids is 1. The molecule has 10 nitrogen and oxygen atoms in total. The molecule has 1 amide bonds. The maximum Gasteiger partial charge on any atom is 0.244 e. The molecule has 0 aliphatic carbocycles. The molecule has 1 aromatic heterocycles. The lowest BCUT2D eigenvalue weighted by Crippen LogP contribution is -2.52. The van der Waals surface area contributed by atoms with Gasteiger partial charge >= 0.3 is 0 Å². The number of anilines is 1. The molecule has 0 aromatic carbocycles. The van der Waals surface area contributed by atoms with Gasteiger partial charge < -0.3 is 14.7 Å². The number of hydrogen-bond donors (Lipinski definition) is 0. The van der Waals surface area contributed by atoms with Crippen LogP contribution in [0.3, 0.4) is 0 Å². The van der Waals surface area contributed by atoms with Gasteiger partial charge in [-0.15, -0.1) is 0 Å². The molecule has 0 saturated carbocycles. The fourth-order valence-corrected chi connectivity index (χ4v) is 8.91. The first-order valence-corrected chi connectivity index (χ1v) is 14.6. The third kappa shape index (κ3) is 5.18. The molecule has 0 N–H and O–H groups in total. The second kappa shape index (κ2) is 9.12. The lowest BCUT2D eigenvalue weighted by atomic mass is 9.89. The highest BCUT2D eigenvalue weighted by Crippen LogP contribution is 2.34. The number of sulfonamides is 1. The Balaban J connectivity index is 1.43. The Morgan fingerprint density at radius 3 is 2.42 bits per heavy atom. The number of aromatic nitrogens is 1. The number of likely N-dealkylation sites (N-methyl/N-ethyl adjacent to an activating group) is 1. The van der Waals surface area contributed by atoms with Crippen LogP contribution in [0, 0.1) is 18.8 Å². The molecule has 2 atom stereocenters. The highest BCUT2D eigenvalue weighted by atomic mass is 32.2. The summed E-state index contributed by atoms with van der Waals surface area (Å²) in [4.78, 5) is 22.5. The minimum absolute atomic E-state index is 0.00178. The summed E-state index contributed by atoms with van der Waals surface area (Å²) in [6.45, 7) is 4.68. The molecule has 12 heteroatoms. The Morgan fingerprint density at radius 2 is 1.79 bits per heavy atom. The van der Waals surface area contributed by atoms with E-state index in [9.17, 15) is 21.6 Å². The number of sulfone groups is 1. The topological polar surface area (TPSA) is 111 Å². The van der Waals surface area contributed by atoms with Crippen LogP contribution in [-0.2, 0) is 24.7 Å². The molecule has 3 aliphatic heterocycles. The first-order valence-electron chi connectivity index (χ1n) is 11.3. The van der Waals surface area contributed by atoms with Gasteiger partial charge in [-0.1, -0.05) is 0 Å². The highest BCUT2D eigenvalue weighted by Gasteiger charge is 2.41. The number of piperidine rings is 1. The molecule has 2 unspecified atom stereocenters. The van der Waals surface area contributed by atoms with Crippen molar-refractivity contribution in [2.75, 3.05) is 76.3 Å². The molecular formula is C21H33N5O5S2. The summed E-state index contributed by atoms with van der Waals surface area (Å²) >= 11 is 0. The Kier molecular flexibility index (Phi) is 6.74. The van der Waals surface area contributed by atoms with Crippen molar-refractivity contribution in [3.63, 3.8) is 0 Å². The van der Waals surface area contributed by atoms with Gasteiger partial charge in [0.1, 0.15) is 10.7 Å². The Hall–Kier alpha value is -1.76. The monoisotopic (exact) mass is 499 g/mol. The van der Waals surface area contributed by atoms with Gasteiger partial charge in [-0.2, -0.15) is 4.31 Å². The van der Waals surface area contributed by atoms with Gasteiger partial charge in [-0.25, -0.2) is 21.8 Å². The van der Waals surface area contributed by atoms with Crippen molar-refractivity contribution in [1.82, 2.24) is 19.1 Å². The number of hydrogen-bond acceptors (Lipinski definition) is 8. The van der Waals surface area contributed by atoms with Crippen LogP contribution in [0.2, 0.25) is 0 Å². The number of amides is 1. The second-order valence-corrected chi connectivity index (χ2v) is 13.7. The highest BCUT2D eigenvalue weighted by molar-refractivity contribution is 7.91. The van der Waals surface area contributed by atoms with Gasteiger partial charge in [-0.3, -0.25) is 4.79 Å². The minimum atomic E-state index is -3.72. The van der Waals surface area contributed by atoms with Crippen LogP contribution >= 0.6 is 0 Å². The Morgan fingerprint density at radius 1 is 1.12 bits per heavy atom. The predicted octanol–water partition coefficient (Wildman–Crippen LogP) is -0.345. The van der Waals surface area contributed by atoms with Crippen molar-refractivity contribution in [2.24, 2.45) is 11.8 Å². The number of fused-ring (bicyclic) bond motifs is 1. The van der Waals surface area contributed by atoms with Gasteiger partial charge in [-0.05, 0) is 50.9 Å². The zero-order valence-electron chi connectivity index (χ0n) is 19.5. The maximum atomic E-state index is 13.3. The van der Waals surface area contributed by atoms with Crippen LogP contribution in [0.25, 0.3) is 0 Å². The largest absolute Gasteiger partial charge is 0.356 e. The summed E-state index contributed by atoms with van der Waals surface area (Å²) in [7, 11) is -3.01. The number of nitrogens with zero attached hydrogens (tertiary/aromatic N) is 5. The van der Waals surface area contributed by atoms with Crippen LogP contribution < -0.4 is 4.90 Å². The summed E-state index contributed by atoms with van der Waals surface area (Å²) in [5, 5.41) is 0. The molecule has 3 aliphatic rings. The molecule has 0 radical (unpaired) electrons. The second-order valence-electron chi connectivity index (χ2n) is 9.66. The van der Waals surface area contributed by atoms with Crippen LogP contribution in [0.1, 0.15) is 12.0 Å². The van der Waals surface area contributed by atoms with Gasteiger partial charge in [0.2, 0.25) is 15.9 Å². The summed E-state index contributed by atoms with van der Waals surface area (Å²) in [6, 6.07) is 1.79. The molecule has 0 bridgehead atoms. The molecule has 33 heavy (non-hydrogen) atoms. The standard InChI is InChI=1S/C21H33N5O5S2/c1-16-10-20(25-5-4-17-14-32(28,29)15-18(17)12-25)22-11-19(16)33(30,31)26-8-6-24(7-9-26)21(27)13-23(2)3/h10-11,17-18H,4-9,12-15H2,1-3H3. The van der Waals surface area contributed by atoms with E-state index in [4.69, 9.17) is 0 Å². The zero-order valence-corrected chi connectivity index (χ0v) is 21.1. The van der Waals surface area contributed by atoms with Gasteiger partial charge in [0, 0.05) is 45.5 Å². The number of carbonyl (C=O) groups is 1. The molecular weight excluding hydrogens is 466 g/mol. The first kappa shape index (κ1) is 24.4. The summed E-state index contributed by atoms with van der Waals surface area (Å²) < 4.78 is 51.9. The number of aryl methyl sites for hydroxylation is 1. The van der Waals surface area contributed by atoms with Gasteiger partial charge in [0.25, 0.3) is 0 Å². The van der Waals surface area contributed by atoms with Crippen molar-refractivity contribution < 1.29 is 21.6 Å². The van der Waals surface area contributed by atoms with E-state index in [1.807, 2.05) is 14.1 Å². The fourth-order valence-electron chi connectivity index (χ4n) is 5.08.